The summed E-state index contributed by atoms with van der Waals surface area (Å²) in [5.41, 5.74) is 6.52. The van der Waals surface area contributed by atoms with Crippen molar-refractivity contribution >= 4 is 23.1 Å². The molecule has 1 aromatic heterocycles. The Morgan fingerprint density at radius 1 is 1.33 bits per heavy atom. The number of halogens is 1. The third-order valence-corrected chi connectivity index (χ3v) is 2.68. The predicted molar refractivity (Wildman–Crippen MR) is 67.9 cm³/mol. The molecule has 1 heterocycles. The molecule has 2 aromatic rings. The van der Waals surface area contributed by atoms with Crippen LogP contribution in [0.5, 0.6) is 5.88 Å². The molecule has 0 amide bonds. The van der Waals surface area contributed by atoms with Crippen LogP contribution in [0.4, 0.5) is 5.69 Å². The fraction of sp³-hybridized carbons (Fsp3) is 0.0833. The van der Waals surface area contributed by atoms with Gasteiger partial charge in [0.15, 0.2) is 5.69 Å². The summed E-state index contributed by atoms with van der Waals surface area (Å²) in [5, 5.41) is 0.401. The lowest BCUT2D eigenvalue weighted by Gasteiger charge is -2.06. The lowest BCUT2D eigenvalue weighted by atomic mass is 10.1. The van der Waals surface area contributed by atoms with Gasteiger partial charge in [0.25, 0.3) is 0 Å². The van der Waals surface area contributed by atoms with Crippen molar-refractivity contribution < 1.29 is 9.53 Å². The summed E-state index contributed by atoms with van der Waals surface area (Å²) < 4.78 is 4.99. The lowest BCUT2D eigenvalue weighted by molar-refractivity contribution is 0.103. The van der Waals surface area contributed by atoms with E-state index < -0.39 is 0 Å². The maximum Gasteiger partial charge on any atom is 0.243 e. The molecule has 18 heavy (non-hydrogen) atoms. The topological polar surface area (TPSA) is 78.1 Å². The van der Waals surface area contributed by atoms with Crippen molar-refractivity contribution in [2.24, 2.45) is 0 Å². The molecule has 0 fully saturated rings. The molecule has 0 unspecified atom stereocenters. The molecule has 2 rings (SSSR count). The highest BCUT2D eigenvalue weighted by Crippen LogP contribution is 2.22. The van der Waals surface area contributed by atoms with Crippen LogP contribution in [-0.2, 0) is 0 Å². The van der Waals surface area contributed by atoms with E-state index in [4.69, 9.17) is 22.1 Å². The number of carbonyl (C=O) groups is 1. The van der Waals surface area contributed by atoms with Crippen molar-refractivity contribution in [3.8, 4) is 5.88 Å². The van der Waals surface area contributed by atoms with Gasteiger partial charge in [-0.1, -0.05) is 11.6 Å². The summed E-state index contributed by atoms with van der Waals surface area (Å²) >= 11 is 5.80. The molecule has 0 bridgehead atoms. The van der Waals surface area contributed by atoms with E-state index in [1.807, 2.05) is 0 Å². The maximum atomic E-state index is 12.2. The van der Waals surface area contributed by atoms with E-state index in [2.05, 4.69) is 9.97 Å². The van der Waals surface area contributed by atoms with Crippen LogP contribution in [0.3, 0.4) is 0 Å². The second-order valence-corrected chi connectivity index (χ2v) is 3.89. The summed E-state index contributed by atoms with van der Waals surface area (Å²) in [6.07, 6.45) is 2.88. The number of methoxy groups -OCH3 is 1. The van der Waals surface area contributed by atoms with Crippen molar-refractivity contribution in [3.63, 3.8) is 0 Å². The van der Waals surface area contributed by atoms with E-state index in [1.165, 1.54) is 25.6 Å². The van der Waals surface area contributed by atoms with Crippen LogP contribution < -0.4 is 10.5 Å². The van der Waals surface area contributed by atoms with Gasteiger partial charge in [-0.25, -0.2) is 9.97 Å². The molecule has 0 aliphatic heterocycles. The van der Waals surface area contributed by atoms with Crippen LogP contribution in [-0.4, -0.2) is 22.9 Å². The standard InChI is InChI=1S/C12H10ClN3O2/c1-18-12-10(15-4-5-16-12)11(17)7-2-3-8(13)9(14)6-7/h2-6H,14H2,1H3. The van der Waals surface area contributed by atoms with Gasteiger partial charge in [-0.3, -0.25) is 4.79 Å². The minimum atomic E-state index is -0.316. The summed E-state index contributed by atoms with van der Waals surface area (Å²) in [7, 11) is 1.43. The monoisotopic (exact) mass is 263 g/mol. The number of aromatic nitrogens is 2. The Morgan fingerprint density at radius 3 is 2.72 bits per heavy atom. The molecular weight excluding hydrogens is 254 g/mol. The van der Waals surface area contributed by atoms with E-state index >= 15 is 0 Å². The Bertz CT molecular complexity index is 602. The third kappa shape index (κ3) is 2.26. The number of ether oxygens (including phenoxy) is 1. The Hall–Kier alpha value is -2.14. The summed E-state index contributed by atoms with van der Waals surface area (Å²) in [4.78, 5) is 20.1. The average Bonchev–Trinajstić information content (AvgIpc) is 2.41. The number of carbonyl (C=O) groups excluding carboxylic acids is 1. The number of benzene rings is 1. The zero-order chi connectivity index (χ0) is 13.1. The molecule has 0 saturated carbocycles. The van der Waals surface area contributed by atoms with Crippen molar-refractivity contribution in [1.29, 1.82) is 0 Å². The molecule has 0 saturated heterocycles. The minimum absolute atomic E-state index is 0.140. The number of rotatable bonds is 3. The van der Waals surface area contributed by atoms with Crippen LogP contribution in [0.25, 0.3) is 0 Å². The molecule has 0 spiro atoms. The van der Waals surface area contributed by atoms with Gasteiger partial charge in [0.2, 0.25) is 11.7 Å². The first-order valence-electron chi connectivity index (χ1n) is 5.08. The summed E-state index contributed by atoms with van der Waals surface area (Å²) in [5.74, 6) is -0.140. The molecule has 2 N–H and O–H groups in total. The first kappa shape index (κ1) is 12.3. The van der Waals surface area contributed by atoms with Gasteiger partial charge in [-0.15, -0.1) is 0 Å². The molecule has 92 valence electrons. The number of nitrogen functional groups attached to an aromatic ring is 1. The Morgan fingerprint density at radius 2 is 2.06 bits per heavy atom. The van der Waals surface area contributed by atoms with Crippen LogP contribution >= 0.6 is 11.6 Å². The third-order valence-electron chi connectivity index (χ3n) is 2.33. The van der Waals surface area contributed by atoms with Gasteiger partial charge < -0.3 is 10.5 Å². The van der Waals surface area contributed by atoms with Gasteiger partial charge in [0.1, 0.15) is 0 Å². The van der Waals surface area contributed by atoms with Gasteiger partial charge in [0, 0.05) is 18.0 Å². The summed E-state index contributed by atoms with van der Waals surface area (Å²) in [6.45, 7) is 0. The van der Waals surface area contributed by atoms with Crippen LogP contribution in [0, 0.1) is 0 Å². The molecule has 0 aliphatic carbocycles. The number of nitrogens with zero attached hydrogens (tertiary/aromatic N) is 2. The van der Waals surface area contributed by atoms with Crippen LogP contribution in [0.1, 0.15) is 16.1 Å². The smallest absolute Gasteiger partial charge is 0.243 e. The molecule has 5 nitrogen and oxygen atoms in total. The second kappa shape index (κ2) is 5.01. The molecule has 0 aliphatic rings. The molecule has 1 aromatic carbocycles. The largest absolute Gasteiger partial charge is 0.479 e. The number of anilines is 1. The average molecular weight is 264 g/mol. The van der Waals surface area contributed by atoms with Crippen molar-refractivity contribution in [2.75, 3.05) is 12.8 Å². The SMILES string of the molecule is COc1nccnc1C(=O)c1ccc(Cl)c(N)c1. The Balaban J connectivity index is 2.44. The van der Waals surface area contributed by atoms with Crippen molar-refractivity contribution in [3.05, 3.63) is 46.9 Å². The van der Waals surface area contributed by atoms with Gasteiger partial charge in [-0.05, 0) is 18.2 Å². The minimum Gasteiger partial charge on any atom is -0.479 e. The van der Waals surface area contributed by atoms with E-state index in [0.29, 0.717) is 16.3 Å². The highest BCUT2D eigenvalue weighted by Gasteiger charge is 2.17. The zero-order valence-corrected chi connectivity index (χ0v) is 10.3. The highest BCUT2D eigenvalue weighted by atomic mass is 35.5. The number of hydrogen-bond acceptors (Lipinski definition) is 5. The van der Waals surface area contributed by atoms with Gasteiger partial charge in [-0.2, -0.15) is 0 Å². The number of ketones is 1. The highest BCUT2D eigenvalue weighted by molar-refractivity contribution is 6.33. The van der Waals surface area contributed by atoms with E-state index in [-0.39, 0.29) is 17.4 Å². The molecule has 0 atom stereocenters. The fourth-order valence-corrected chi connectivity index (χ4v) is 1.57. The maximum absolute atomic E-state index is 12.2. The molecular formula is C12H10ClN3O2. The number of hydrogen-bond donors (Lipinski definition) is 1. The van der Waals surface area contributed by atoms with Crippen molar-refractivity contribution in [2.45, 2.75) is 0 Å². The summed E-state index contributed by atoms with van der Waals surface area (Å²) in [6, 6.07) is 4.64. The lowest BCUT2D eigenvalue weighted by Crippen LogP contribution is -2.08. The molecule has 0 radical (unpaired) electrons. The van der Waals surface area contributed by atoms with Crippen LogP contribution in [0.2, 0.25) is 5.02 Å². The fourth-order valence-electron chi connectivity index (χ4n) is 1.45. The number of nitrogens with two attached hydrogens (primary N) is 1. The normalized spacial score (nSPS) is 10.1. The first-order chi connectivity index (χ1) is 8.63. The first-order valence-corrected chi connectivity index (χ1v) is 5.46. The Labute approximate surface area is 109 Å². The van der Waals surface area contributed by atoms with Gasteiger partial charge >= 0.3 is 0 Å². The predicted octanol–water partition coefficient (Wildman–Crippen LogP) is 1.95. The second-order valence-electron chi connectivity index (χ2n) is 3.48. The van der Waals surface area contributed by atoms with Crippen LogP contribution in [0.15, 0.2) is 30.6 Å². The van der Waals surface area contributed by atoms with Crippen molar-refractivity contribution in [1.82, 2.24) is 9.97 Å². The Kier molecular flexibility index (Phi) is 3.43. The quantitative estimate of drug-likeness (QED) is 0.676. The van der Waals surface area contributed by atoms with E-state index in [0.717, 1.165) is 0 Å². The molecule has 6 heteroatoms. The van der Waals surface area contributed by atoms with E-state index in [1.54, 1.807) is 12.1 Å². The van der Waals surface area contributed by atoms with Gasteiger partial charge in [0.05, 0.1) is 17.8 Å². The zero-order valence-electron chi connectivity index (χ0n) is 9.55. The van der Waals surface area contributed by atoms with E-state index in [9.17, 15) is 4.79 Å².